The fourth-order valence-electron chi connectivity index (χ4n) is 3.89. The Morgan fingerprint density at radius 1 is 1.16 bits per heavy atom. The molecule has 31 heavy (non-hydrogen) atoms. The van der Waals surface area contributed by atoms with Gasteiger partial charge in [-0.2, -0.15) is 0 Å². The number of carbonyl (C=O) groups is 2. The monoisotopic (exact) mass is 436 g/mol. The number of nitrogens with zero attached hydrogens (tertiary/aromatic N) is 2. The van der Waals surface area contributed by atoms with E-state index in [1.165, 1.54) is 28.4 Å². The number of aryl methyl sites for hydroxylation is 3. The summed E-state index contributed by atoms with van der Waals surface area (Å²) in [6, 6.07) is 12.6. The molecule has 0 saturated heterocycles. The minimum atomic E-state index is -0.758. The molecule has 4 rings (SSSR count). The second-order valence-electron chi connectivity index (χ2n) is 7.62. The first kappa shape index (κ1) is 20.9. The van der Waals surface area contributed by atoms with Gasteiger partial charge < -0.3 is 10.0 Å². The van der Waals surface area contributed by atoms with Crippen molar-refractivity contribution in [3.05, 3.63) is 97.9 Å². The fraction of sp³-hybridized carbons (Fsp3) is 0.208. The Morgan fingerprint density at radius 2 is 1.87 bits per heavy atom. The number of aliphatic hydroxyl groups is 1. The Morgan fingerprint density at radius 3 is 2.48 bits per heavy atom. The lowest BCUT2D eigenvalue weighted by atomic mass is 9.94. The van der Waals surface area contributed by atoms with Crippen molar-refractivity contribution in [3.8, 4) is 0 Å². The van der Waals surface area contributed by atoms with Gasteiger partial charge in [-0.05, 0) is 44.0 Å². The maximum atomic E-state index is 13.5. The number of benzene rings is 2. The summed E-state index contributed by atoms with van der Waals surface area (Å²) in [6.07, 6.45) is 0. The fourth-order valence-corrected chi connectivity index (χ4v) is 4.76. The molecule has 0 saturated carbocycles. The van der Waals surface area contributed by atoms with Gasteiger partial charge in [-0.1, -0.05) is 42.0 Å². The summed E-state index contributed by atoms with van der Waals surface area (Å²) in [5, 5.41) is 11.5. The lowest BCUT2D eigenvalue weighted by Gasteiger charge is -2.27. The van der Waals surface area contributed by atoms with Gasteiger partial charge in [-0.3, -0.25) is 9.59 Å². The average molecular weight is 437 g/mol. The molecule has 1 aliphatic rings. The Bertz CT molecular complexity index is 1210. The maximum absolute atomic E-state index is 13.5. The van der Waals surface area contributed by atoms with Gasteiger partial charge in [0.05, 0.1) is 27.2 Å². The van der Waals surface area contributed by atoms with Crippen LogP contribution < -0.4 is 0 Å². The average Bonchev–Trinajstić information content (AvgIpc) is 3.20. The van der Waals surface area contributed by atoms with Crippen LogP contribution in [-0.2, 0) is 11.3 Å². The number of Topliss-reactive ketones (excluding diaryl/α,β-unsaturated/α-hetero) is 1. The van der Waals surface area contributed by atoms with Gasteiger partial charge in [0.15, 0.2) is 5.76 Å². The smallest absolute Gasteiger partial charge is 0.290 e. The number of hydrogen-bond donors (Lipinski definition) is 1. The second-order valence-corrected chi connectivity index (χ2v) is 8.82. The Kier molecular flexibility index (Phi) is 5.45. The first-order valence-corrected chi connectivity index (χ1v) is 10.6. The van der Waals surface area contributed by atoms with Crippen LogP contribution >= 0.6 is 11.3 Å². The van der Waals surface area contributed by atoms with Crippen LogP contribution in [0.5, 0.6) is 0 Å². The predicted molar refractivity (Wildman–Crippen MR) is 116 cm³/mol. The lowest BCUT2D eigenvalue weighted by molar-refractivity contribution is -0.130. The van der Waals surface area contributed by atoms with Crippen LogP contribution in [0.15, 0.2) is 59.9 Å². The third-order valence-corrected chi connectivity index (χ3v) is 6.35. The highest BCUT2D eigenvalue weighted by Gasteiger charge is 2.44. The molecule has 1 aliphatic heterocycles. The Hall–Kier alpha value is -3.32. The van der Waals surface area contributed by atoms with Crippen molar-refractivity contribution < 1.29 is 19.1 Å². The SMILES string of the molecule is Cc1cccc(C2C(C(=O)c3sc(C)nc3C)=C(O)C(=O)N2Cc2ccc(F)cc2)c1. The highest BCUT2D eigenvalue weighted by Crippen LogP contribution is 2.41. The number of aliphatic hydroxyl groups excluding tert-OH is 1. The van der Waals surface area contributed by atoms with E-state index >= 15 is 0 Å². The molecule has 0 spiro atoms. The molecule has 1 atom stereocenters. The molecular formula is C24H21FN2O3S. The number of hydrogen-bond acceptors (Lipinski definition) is 5. The summed E-state index contributed by atoms with van der Waals surface area (Å²) in [4.78, 5) is 32.7. The Labute approximate surface area is 183 Å². The molecule has 0 radical (unpaired) electrons. The van der Waals surface area contributed by atoms with E-state index in [1.54, 1.807) is 26.0 Å². The molecule has 2 heterocycles. The molecule has 1 amide bonds. The van der Waals surface area contributed by atoms with Gasteiger partial charge in [-0.25, -0.2) is 9.37 Å². The first-order valence-electron chi connectivity index (χ1n) is 9.80. The van der Waals surface area contributed by atoms with Crippen LogP contribution in [0.4, 0.5) is 4.39 Å². The maximum Gasteiger partial charge on any atom is 0.290 e. The van der Waals surface area contributed by atoms with Crippen molar-refractivity contribution in [1.82, 2.24) is 9.88 Å². The minimum Gasteiger partial charge on any atom is -0.503 e. The summed E-state index contributed by atoms with van der Waals surface area (Å²) < 4.78 is 13.3. The van der Waals surface area contributed by atoms with E-state index in [-0.39, 0.29) is 17.9 Å². The Balaban J connectivity index is 1.81. The van der Waals surface area contributed by atoms with Gasteiger partial charge in [0.25, 0.3) is 5.91 Å². The molecule has 5 nitrogen and oxygen atoms in total. The quantitative estimate of drug-likeness (QED) is 0.573. The predicted octanol–water partition coefficient (Wildman–Crippen LogP) is 4.99. The molecule has 3 aromatic rings. The molecule has 0 fully saturated rings. The molecule has 0 bridgehead atoms. The summed E-state index contributed by atoms with van der Waals surface area (Å²) in [5.41, 5.74) is 3.00. The topological polar surface area (TPSA) is 70.5 Å². The molecule has 2 aromatic carbocycles. The van der Waals surface area contributed by atoms with Gasteiger partial charge in [-0.15, -0.1) is 11.3 Å². The third-order valence-electron chi connectivity index (χ3n) is 5.28. The normalized spacial score (nSPS) is 16.3. The second kappa shape index (κ2) is 8.07. The highest BCUT2D eigenvalue weighted by molar-refractivity contribution is 7.14. The van der Waals surface area contributed by atoms with Crippen LogP contribution in [0.25, 0.3) is 0 Å². The summed E-state index contributed by atoms with van der Waals surface area (Å²) in [5.74, 6) is -1.95. The van der Waals surface area contributed by atoms with Crippen molar-refractivity contribution in [2.45, 2.75) is 33.4 Å². The van der Waals surface area contributed by atoms with E-state index in [1.807, 2.05) is 31.2 Å². The van der Waals surface area contributed by atoms with Crippen LogP contribution in [0.1, 0.15) is 43.1 Å². The zero-order valence-electron chi connectivity index (χ0n) is 17.3. The van der Waals surface area contributed by atoms with Crippen LogP contribution in [-0.4, -0.2) is 26.7 Å². The standard InChI is InChI=1S/C24H21FN2O3S/c1-13-5-4-6-17(11-13)20-19(21(28)23-14(2)26-15(3)31-23)22(29)24(30)27(20)12-16-7-9-18(25)10-8-16/h4-11,20,29H,12H2,1-3H3. The van der Waals surface area contributed by atoms with Gasteiger partial charge in [0.2, 0.25) is 5.78 Å². The van der Waals surface area contributed by atoms with Crippen molar-refractivity contribution in [2.24, 2.45) is 0 Å². The zero-order chi connectivity index (χ0) is 22.3. The van der Waals surface area contributed by atoms with Crippen LogP contribution in [0, 0.1) is 26.6 Å². The molecule has 1 unspecified atom stereocenters. The number of aromatic nitrogens is 1. The summed E-state index contributed by atoms with van der Waals surface area (Å²) >= 11 is 1.24. The largest absolute Gasteiger partial charge is 0.503 e. The molecule has 158 valence electrons. The minimum absolute atomic E-state index is 0.0458. The van der Waals surface area contributed by atoms with E-state index in [9.17, 15) is 19.1 Å². The van der Waals surface area contributed by atoms with E-state index in [2.05, 4.69) is 4.98 Å². The van der Waals surface area contributed by atoms with Gasteiger partial charge in [0, 0.05) is 6.54 Å². The van der Waals surface area contributed by atoms with E-state index in [4.69, 9.17) is 0 Å². The lowest BCUT2D eigenvalue weighted by Crippen LogP contribution is -2.30. The number of ketones is 1. The van der Waals surface area contributed by atoms with Crippen LogP contribution in [0.3, 0.4) is 0 Å². The number of amides is 1. The highest BCUT2D eigenvalue weighted by atomic mass is 32.1. The van der Waals surface area contributed by atoms with Gasteiger partial charge >= 0.3 is 0 Å². The van der Waals surface area contributed by atoms with Crippen molar-refractivity contribution >= 4 is 23.0 Å². The van der Waals surface area contributed by atoms with E-state index in [0.717, 1.165) is 16.1 Å². The van der Waals surface area contributed by atoms with Crippen LogP contribution in [0.2, 0.25) is 0 Å². The molecular weight excluding hydrogens is 415 g/mol. The number of rotatable bonds is 5. The van der Waals surface area contributed by atoms with E-state index in [0.29, 0.717) is 16.1 Å². The third kappa shape index (κ3) is 3.88. The molecule has 7 heteroatoms. The first-order chi connectivity index (χ1) is 14.8. The van der Waals surface area contributed by atoms with Crippen molar-refractivity contribution in [2.75, 3.05) is 0 Å². The van der Waals surface area contributed by atoms with Crippen molar-refractivity contribution in [3.63, 3.8) is 0 Å². The number of thiazole rings is 1. The summed E-state index contributed by atoms with van der Waals surface area (Å²) in [6.45, 7) is 5.59. The van der Waals surface area contributed by atoms with Gasteiger partial charge in [0.1, 0.15) is 5.82 Å². The summed E-state index contributed by atoms with van der Waals surface area (Å²) in [7, 11) is 0. The zero-order valence-corrected chi connectivity index (χ0v) is 18.2. The molecule has 1 N–H and O–H groups in total. The van der Waals surface area contributed by atoms with E-state index < -0.39 is 23.5 Å². The molecule has 1 aromatic heterocycles. The molecule has 0 aliphatic carbocycles. The van der Waals surface area contributed by atoms with Crippen molar-refractivity contribution in [1.29, 1.82) is 0 Å². The number of carbonyl (C=O) groups excluding carboxylic acids is 2. The number of halogens is 1.